The molecule has 10 heavy (non-hydrogen) atoms. The first-order valence-corrected chi connectivity index (χ1v) is 3.96. The molecule has 0 aromatic heterocycles. The van der Waals surface area contributed by atoms with Crippen LogP contribution in [-0.2, 0) is 0 Å². The second-order valence-corrected chi connectivity index (χ2v) is 3.50. The van der Waals surface area contributed by atoms with Gasteiger partial charge in [0.2, 0.25) is 0 Å². The molecule has 5 heteroatoms. The summed E-state index contributed by atoms with van der Waals surface area (Å²) in [5.74, 6) is 0. The quantitative estimate of drug-likeness (QED) is 0.296. The Hall–Kier alpha value is 0.580. The van der Waals surface area contributed by atoms with Crippen molar-refractivity contribution in [2.75, 3.05) is 6.61 Å². The molecule has 0 bridgehead atoms. The summed E-state index contributed by atoms with van der Waals surface area (Å²) in [4.78, 5) is 0. The molecule has 3 N–H and O–H groups in total. The largest absolute Gasteiger partial charge is 0.396 e. The minimum absolute atomic E-state index is 0.146. The fourth-order valence-electron chi connectivity index (χ4n) is 0.502. The van der Waals surface area contributed by atoms with Crippen LogP contribution in [0.3, 0.4) is 0 Å². The van der Waals surface area contributed by atoms with Gasteiger partial charge in [-0.2, -0.15) is 25.3 Å². The molecule has 3 nitrogen and oxygen atoms in total. The maximum Gasteiger partial charge on any atom is 0.100 e. The number of rotatable bonds is 4. The summed E-state index contributed by atoms with van der Waals surface area (Å²) in [6.07, 6.45) is -1.78. The van der Waals surface area contributed by atoms with Gasteiger partial charge >= 0.3 is 0 Å². The Kier molecular flexibility index (Phi) is 5.56. The molecule has 0 aromatic carbocycles. The Morgan fingerprint density at radius 2 is 1.70 bits per heavy atom. The van der Waals surface area contributed by atoms with Crippen molar-refractivity contribution in [1.29, 1.82) is 0 Å². The number of hydrogen-bond donors (Lipinski definition) is 5. The van der Waals surface area contributed by atoms with Crippen LogP contribution < -0.4 is 0 Å². The number of thiol groups is 2. The average Bonchev–Trinajstić information content (AvgIpc) is 1.87. The lowest BCUT2D eigenvalue weighted by molar-refractivity contribution is 0.0153. The zero-order chi connectivity index (χ0) is 8.15. The predicted molar refractivity (Wildman–Crippen MR) is 45.5 cm³/mol. The van der Waals surface area contributed by atoms with Gasteiger partial charge in [-0.1, -0.05) is 0 Å². The zero-order valence-corrected chi connectivity index (χ0v) is 7.17. The lowest BCUT2D eigenvalue weighted by Crippen LogP contribution is -2.32. The highest BCUT2D eigenvalue weighted by molar-refractivity contribution is 7.99. The van der Waals surface area contributed by atoms with Gasteiger partial charge in [0.25, 0.3) is 0 Å². The van der Waals surface area contributed by atoms with E-state index in [1.165, 1.54) is 0 Å². The molecule has 0 radical (unpaired) electrons. The summed E-state index contributed by atoms with van der Waals surface area (Å²) in [7, 11) is 0. The molecule has 2 unspecified atom stereocenters. The highest BCUT2D eigenvalue weighted by Gasteiger charge is 2.19. The first-order chi connectivity index (χ1) is 4.59. The summed E-state index contributed by atoms with van der Waals surface area (Å²) in [5, 5.41) is 26.3. The fourth-order valence-corrected chi connectivity index (χ4v) is 0.899. The highest BCUT2D eigenvalue weighted by atomic mass is 32.2. The minimum atomic E-state index is -0.987. The maximum atomic E-state index is 9.01. The standard InChI is InChI=1S/C5H12O3S2/c6-2-1-3(7)4(8)5(9)10/h3-10H,1-2H2. The molecule has 0 saturated heterocycles. The summed E-state index contributed by atoms with van der Waals surface area (Å²) in [6.45, 7) is -0.146. The van der Waals surface area contributed by atoms with E-state index in [0.717, 1.165) is 0 Å². The third-order valence-corrected chi connectivity index (χ3v) is 1.74. The van der Waals surface area contributed by atoms with E-state index in [-0.39, 0.29) is 13.0 Å². The number of hydrogen-bond acceptors (Lipinski definition) is 5. The lowest BCUT2D eigenvalue weighted by atomic mass is 10.2. The van der Waals surface area contributed by atoms with Crippen molar-refractivity contribution in [3.05, 3.63) is 0 Å². The van der Waals surface area contributed by atoms with Gasteiger partial charge in [0.1, 0.15) is 6.10 Å². The van der Waals surface area contributed by atoms with Crippen LogP contribution >= 0.6 is 25.3 Å². The second kappa shape index (κ2) is 5.26. The van der Waals surface area contributed by atoms with Gasteiger partial charge in [0.05, 0.1) is 10.7 Å². The monoisotopic (exact) mass is 184 g/mol. The smallest absolute Gasteiger partial charge is 0.100 e. The molecule has 0 aliphatic carbocycles. The molecule has 0 spiro atoms. The van der Waals surface area contributed by atoms with E-state index in [1.54, 1.807) is 0 Å². The van der Waals surface area contributed by atoms with Crippen molar-refractivity contribution in [2.24, 2.45) is 0 Å². The van der Waals surface area contributed by atoms with Crippen LogP contribution in [0.5, 0.6) is 0 Å². The van der Waals surface area contributed by atoms with Crippen LogP contribution in [-0.4, -0.2) is 38.7 Å². The van der Waals surface area contributed by atoms with Gasteiger partial charge < -0.3 is 15.3 Å². The van der Waals surface area contributed by atoms with Crippen LogP contribution in [0.2, 0.25) is 0 Å². The Morgan fingerprint density at radius 1 is 1.20 bits per heavy atom. The van der Waals surface area contributed by atoms with E-state index in [9.17, 15) is 0 Å². The van der Waals surface area contributed by atoms with E-state index in [2.05, 4.69) is 25.3 Å². The Balaban J connectivity index is 3.58. The molecule has 0 saturated carbocycles. The van der Waals surface area contributed by atoms with Crippen LogP contribution in [0.15, 0.2) is 0 Å². The van der Waals surface area contributed by atoms with Crippen molar-refractivity contribution in [3.8, 4) is 0 Å². The minimum Gasteiger partial charge on any atom is -0.396 e. The predicted octanol–water partition coefficient (Wildman–Crippen LogP) is -0.724. The summed E-state index contributed by atoms with van der Waals surface area (Å²) in [5.41, 5.74) is 0. The van der Waals surface area contributed by atoms with Crippen LogP contribution in [0.4, 0.5) is 0 Å². The first-order valence-electron chi connectivity index (χ1n) is 2.92. The van der Waals surface area contributed by atoms with E-state index in [0.29, 0.717) is 0 Å². The van der Waals surface area contributed by atoms with Crippen molar-refractivity contribution in [3.63, 3.8) is 0 Å². The maximum absolute atomic E-state index is 9.01. The Bertz CT molecular complexity index is 89.0. The van der Waals surface area contributed by atoms with Crippen LogP contribution in [0.25, 0.3) is 0 Å². The second-order valence-electron chi connectivity index (χ2n) is 1.98. The van der Waals surface area contributed by atoms with Crippen molar-refractivity contribution >= 4 is 25.3 Å². The van der Waals surface area contributed by atoms with E-state index in [4.69, 9.17) is 15.3 Å². The van der Waals surface area contributed by atoms with Gasteiger partial charge in [-0.3, -0.25) is 0 Å². The average molecular weight is 184 g/mol. The van der Waals surface area contributed by atoms with Gasteiger partial charge in [-0.25, -0.2) is 0 Å². The topological polar surface area (TPSA) is 60.7 Å². The molecule has 62 valence electrons. The SMILES string of the molecule is OCCC(O)C(O)C(S)S. The van der Waals surface area contributed by atoms with Crippen molar-refractivity contribution in [2.45, 2.75) is 23.2 Å². The van der Waals surface area contributed by atoms with Crippen molar-refractivity contribution in [1.82, 2.24) is 0 Å². The third kappa shape index (κ3) is 3.68. The Labute approximate surface area is 70.9 Å². The summed E-state index contributed by atoms with van der Waals surface area (Å²) in [6, 6.07) is 0. The first kappa shape index (κ1) is 10.6. The van der Waals surface area contributed by atoms with Gasteiger partial charge in [-0.15, -0.1) is 0 Å². The number of aliphatic hydroxyl groups is 3. The van der Waals surface area contributed by atoms with E-state index in [1.807, 2.05) is 0 Å². The molecular formula is C5H12O3S2. The van der Waals surface area contributed by atoms with Gasteiger partial charge in [0.15, 0.2) is 0 Å². The molecule has 0 fully saturated rings. The summed E-state index contributed by atoms with van der Waals surface area (Å²) >= 11 is 7.60. The molecule has 0 aliphatic heterocycles. The van der Waals surface area contributed by atoms with Gasteiger partial charge in [-0.05, 0) is 6.42 Å². The highest BCUT2D eigenvalue weighted by Crippen LogP contribution is 2.11. The lowest BCUT2D eigenvalue weighted by Gasteiger charge is -2.18. The normalized spacial score (nSPS) is 17.4. The molecule has 2 atom stereocenters. The van der Waals surface area contributed by atoms with Crippen LogP contribution in [0.1, 0.15) is 6.42 Å². The van der Waals surface area contributed by atoms with Gasteiger partial charge in [0, 0.05) is 6.61 Å². The molecular weight excluding hydrogens is 172 g/mol. The summed E-state index contributed by atoms with van der Waals surface area (Å²) < 4.78 is -0.568. The van der Waals surface area contributed by atoms with E-state index >= 15 is 0 Å². The molecule has 0 aliphatic rings. The zero-order valence-electron chi connectivity index (χ0n) is 5.38. The third-order valence-electron chi connectivity index (χ3n) is 1.12. The van der Waals surface area contributed by atoms with Crippen molar-refractivity contribution < 1.29 is 15.3 Å². The van der Waals surface area contributed by atoms with E-state index < -0.39 is 16.8 Å². The molecule has 0 rings (SSSR count). The fraction of sp³-hybridized carbons (Fsp3) is 1.00. The molecule has 0 heterocycles. The molecule has 0 aromatic rings. The number of aliphatic hydroxyl groups excluding tert-OH is 3. The molecule has 0 amide bonds. The van der Waals surface area contributed by atoms with Crippen LogP contribution in [0, 0.1) is 0 Å². The Morgan fingerprint density at radius 3 is 2.00 bits per heavy atom.